The number of amides is 1. The molecule has 1 aliphatic carbocycles. The van der Waals surface area contributed by atoms with Crippen LogP contribution in [0.15, 0.2) is 0 Å². The standard InChI is InChI=1S/C14H22N4O/c1-10-11(12(15)17-16-10)13(19)18-8-6-14(7-9-18)4-2-3-5-14/h2-9H2,1H3,(H3,15,16,17). The van der Waals surface area contributed by atoms with E-state index in [-0.39, 0.29) is 5.91 Å². The molecular formula is C14H22N4O. The van der Waals surface area contributed by atoms with Crippen LogP contribution in [0.1, 0.15) is 54.6 Å². The summed E-state index contributed by atoms with van der Waals surface area (Å²) < 4.78 is 0. The Morgan fingerprint density at radius 1 is 1.26 bits per heavy atom. The molecule has 1 aromatic rings. The summed E-state index contributed by atoms with van der Waals surface area (Å²) in [6.07, 6.45) is 7.72. The minimum absolute atomic E-state index is 0.0385. The number of aromatic nitrogens is 2. The first kappa shape index (κ1) is 12.5. The van der Waals surface area contributed by atoms with E-state index >= 15 is 0 Å². The van der Waals surface area contributed by atoms with E-state index in [1.165, 1.54) is 25.7 Å². The van der Waals surface area contributed by atoms with Crippen molar-refractivity contribution in [1.29, 1.82) is 0 Å². The van der Waals surface area contributed by atoms with Crippen LogP contribution in [0.2, 0.25) is 0 Å². The lowest BCUT2D eigenvalue weighted by Gasteiger charge is -2.39. The van der Waals surface area contributed by atoms with Gasteiger partial charge in [-0.1, -0.05) is 12.8 Å². The van der Waals surface area contributed by atoms with Crippen LogP contribution < -0.4 is 5.73 Å². The molecule has 104 valence electrons. The summed E-state index contributed by atoms with van der Waals surface area (Å²) in [5.74, 6) is 0.361. The van der Waals surface area contributed by atoms with Crippen LogP contribution in [0.3, 0.4) is 0 Å². The van der Waals surface area contributed by atoms with Gasteiger partial charge in [0.25, 0.3) is 5.91 Å². The molecule has 0 aromatic carbocycles. The Bertz CT molecular complexity index is 458. The topological polar surface area (TPSA) is 75.0 Å². The molecule has 0 atom stereocenters. The van der Waals surface area contributed by atoms with Crippen molar-refractivity contribution >= 4 is 11.7 Å². The molecule has 19 heavy (non-hydrogen) atoms. The maximum atomic E-state index is 12.5. The van der Waals surface area contributed by atoms with E-state index in [0.717, 1.165) is 31.6 Å². The fourth-order valence-electron chi connectivity index (χ4n) is 3.69. The molecule has 1 spiro atoms. The van der Waals surface area contributed by atoms with Crippen LogP contribution in [0.5, 0.6) is 0 Å². The summed E-state index contributed by atoms with van der Waals surface area (Å²) in [4.78, 5) is 14.4. The number of hydrogen-bond donors (Lipinski definition) is 2. The van der Waals surface area contributed by atoms with Gasteiger partial charge in [0.2, 0.25) is 0 Å². The number of likely N-dealkylation sites (tertiary alicyclic amines) is 1. The monoisotopic (exact) mass is 262 g/mol. The summed E-state index contributed by atoms with van der Waals surface area (Å²) in [6.45, 7) is 3.57. The lowest BCUT2D eigenvalue weighted by molar-refractivity contribution is 0.0588. The lowest BCUT2D eigenvalue weighted by Crippen LogP contribution is -2.42. The van der Waals surface area contributed by atoms with E-state index in [9.17, 15) is 4.79 Å². The molecular weight excluding hydrogens is 240 g/mol. The quantitative estimate of drug-likeness (QED) is 0.813. The van der Waals surface area contributed by atoms with Crippen LogP contribution in [0, 0.1) is 12.3 Å². The van der Waals surface area contributed by atoms with E-state index < -0.39 is 0 Å². The van der Waals surface area contributed by atoms with Crippen molar-refractivity contribution in [3.8, 4) is 0 Å². The third-order valence-corrected chi connectivity index (χ3v) is 4.96. The first-order valence-corrected chi connectivity index (χ1v) is 7.21. The number of aryl methyl sites for hydroxylation is 1. The first-order valence-electron chi connectivity index (χ1n) is 7.21. The maximum Gasteiger partial charge on any atom is 0.259 e. The minimum Gasteiger partial charge on any atom is -0.382 e. The molecule has 2 aliphatic rings. The average Bonchev–Trinajstić information content (AvgIpc) is 2.98. The van der Waals surface area contributed by atoms with Crippen molar-refractivity contribution in [1.82, 2.24) is 15.1 Å². The van der Waals surface area contributed by atoms with Gasteiger partial charge in [-0.25, -0.2) is 0 Å². The van der Waals surface area contributed by atoms with E-state index in [0.29, 0.717) is 16.8 Å². The molecule has 0 bridgehead atoms. The lowest BCUT2D eigenvalue weighted by atomic mass is 9.77. The van der Waals surface area contributed by atoms with Crippen LogP contribution >= 0.6 is 0 Å². The molecule has 3 rings (SSSR count). The Morgan fingerprint density at radius 2 is 1.89 bits per heavy atom. The van der Waals surface area contributed by atoms with Gasteiger partial charge in [-0.3, -0.25) is 9.89 Å². The Morgan fingerprint density at radius 3 is 2.42 bits per heavy atom. The molecule has 2 fully saturated rings. The SMILES string of the molecule is Cc1[nH]nc(N)c1C(=O)N1CCC2(CCCC2)CC1. The highest BCUT2D eigenvalue weighted by molar-refractivity contribution is 5.99. The largest absolute Gasteiger partial charge is 0.382 e. The minimum atomic E-state index is 0.0385. The maximum absolute atomic E-state index is 12.5. The molecule has 1 amide bonds. The number of hydrogen-bond acceptors (Lipinski definition) is 3. The predicted octanol–water partition coefficient (Wildman–Crippen LogP) is 2.10. The summed E-state index contributed by atoms with van der Waals surface area (Å²) in [5, 5.41) is 6.69. The number of nitrogens with zero attached hydrogens (tertiary/aromatic N) is 2. The van der Waals surface area contributed by atoms with Crippen LogP contribution in [0.4, 0.5) is 5.82 Å². The van der Waals surface area contributed by atoms with Gasteiger partial charge in [-0.15, -0.1) is 0 Å². The third-order valence-electron chi connectivity index (χ3n) is 4.96. The van der Waals surface area contributed by atoms with Crippen LogP contribution in [-0.4, -0.2) is 34.1 Å². The van der Waals surface area contributed by atoms with Gasteiger partial charge < -0.3 is 10.6 Å². The molecule has 3 N–H and O–H groups in total. The summed E-state index contributed by atoms with van der Waals surface area (Å²) in [5.41, 5.74) is 7.64. The predicted molar refractivity (Wildman–Crippen MR) is 73.8 cm³/mol. The highest BCUT2D eigenvalue weighted by Gasteiger charge is 2.38. The average molecular weight is 262 g/mol. The smallest absolute Gasteiger partial charge is 0.259 e. The number of carbonyl (C=O) groups excluding carboxylic acids is 1. The molecule has 1 saturated carbocycles. The van der Waals surface area contributed by atoms with Gasteiger partial charge in [0.1, 0.15) is 5.56 Å². The van der Waals surface area contributed by atoms with Gasteiger partial charge in [0, 0.05) is 18.8 Å². The number of H-pyrrole nitrogens is 1. The zero-order valence-corrected chi connectivity index (χ0v) is 11.5. The zero-order valence-electron chi connectivity index (χ0n) is 11.5. The van der Waals surface area contributed by atoms with E-state index in [1.807, 2.05) is 11.8 Å². The van der Waals surface area contributed by atoms with Crippen molar-refractivity contribution < 1.29 is 4.79 Å². The second kappa shape index (κ2) is 4.54. The number of piperidine rings is 1. The number of nitrogens with two attached hydrogens (primary N) is 1. The number of rotatable bonds is 1. The molecule has 5 heteroatoms. The number of nitrogens with one attached hydrogen (secondary N) is 1. The Hall–Kier alpha value is -1.52. The number of nitrogen functional groups attached to an aromatic ring is 1. The molecule has 1 saturated heterocycles. The van der Waals surface area contributed by atoms with E-state index in [1.54, 1.807) is 0 Å². The highest BCUT2D eigenvalue weighted by Crippen LogP contribution is 2.46. The second-order valence-electron chi connectivity index (χ2n) is 6.11. The summed E-state index contributed by atoms with van der Waals surface area (Å²) in [6, 6.07) is 0. The summed E-state index contributed by atoms with van der Waals surface area (Å²) >= 11 is 0. The third kappa shape index (κ3) is 2.11. The second-order valence-corrected chi connectivity index (χ2v) is 6.11. The van der Waals surface area contributed by atoms with Crippen molar-refractivity contribution in [2.75, 3.05) is 18.8 Å². The zero-order chi connectivity index (χ0) is 13.5. The van der Waals surface area contributed by atoms with E-state index in [4.69, 9.17) is 5.73 Å². The van der Waals surface area contributed by atoms with Gasteiger partial charge in [-0.2, -0.15) is 5.10 Å². The van der Waals surface area contributed by atoms with E-state index in [2.05, 4.69) is 10.2 Å². The fourth-order valence-corrected chi connectivity index (χ4v) is 3.69. The number of anilines is 1. The molecule has 5 nitrogen and oxygen atoms in total. The van der Waals surface area contributed by atoms with Crippen LogP contribution in [-0.2, 0) is 0 Å². The van der Waals surface area contributed by atoms with Gasteiger partial charge >= 0.3 is 0 Å². The Labute approximate surface area is 113 Å². The Kier molecular flexibility index (Phi) is 2.99. The van der Waals surface area contributed by atoms with Gasteiger partial charge in [0.05, 0.1) is 0 Å². The van der Waals surface area contributed by atoms with Gasteiger partial charge in [0.15, 0.2) is 5.82 Å². The van der Waals surface area contributed by atoms with Crippen molar-refractivity contribution in [2.45, 2.75) is 45.4 Å². The Balaban J connectivity index is 1.70. The normalized spacial score (nSPS) is 22.1. The number of aromatic amines is 1. The summed E-state index contributed by atoms with van der Waals surface area (Å²) in [7, 11) is 0. The fraction of sp³-hybridized carbons (Fsp3) is 0.714. The molecule has 0 radical (unpaired) electrons. The molecule has 1 aliphatic heterocycles. The van der Waals surface area contributed by atoms with Gasteiger partial charge in [-0.05, 0) is 38.0 Å². The molecule has 2 heterocycles. The molecule has 0 unspecified atom stereocenters. The van der Waals surface area contributed by atoms with Crippen molar-refractivity contribution in [2.24, 2.45) is 5.41 Å². The first-order chi connectivity index (χ1) is 9.11. The van der Waals surface area contributed by atoms with Crippen LogP contribution in [0.25, 0.3) is 0 Å². The van der Waals surface area contributed by atoms with Crippen molar-refractivity contribution in [3.63, 3.8) is 0 Å². The van der Waals surface area contributed by atoms with Crippen molar-refractivity contribution in [3.05, 3.63) is 11.3 Å². The number of carbonyl (C=O) groups is 1. The highest BCUT2D eigenvalue weighted by atomic mass is 16.2. The molecule has 1 aromatic heterocycles.